The van der Waals surface area contributed by atoms with Crippen molar-refractivity contribution in [2.45, 2.75) is 77.0 Å². The summed E-state index contributed by atoms with van der Waals surface area (Å²) in [5.74, 6) is 1.92. The van der Waals surface area contributed by atoms with Crippen LogP contribution in [0.15, 0.2) is 27.8 Å². The molecule has 11 nitrogen and oxygen atoms in total. The first-order chi connectivity index (χ1) is 19.5. The number of imidazole rings is 1. The van der Waals surface area contributed by atoms with Crippen LogP contribution >= 0.6 is 11.6 Å². The van der Waals surface area contributed by atoms with Crippen LogP contribution in [0.3, 0.4) is 0 Å². The van der Waals surface area contributed by atoms with E-state index in [0.29, 0.717) is 28.9 Å². The Morgan fingerprint density at radius 2 is 1.93 bits per heavy atom. The number of aromatic nitrogens is 7. The van der Waals surface area contributed by atoms with Gasteiger partial charge in [-0.3, -0.25) is 14.5 Å². The van der Waals surface area contributed by atoms with Gasteiger partial charge in [0.2, 0.25) is 17.6 Å². The topological polar surface area (TPSA) is 128 Å². The molecule has 1 aliphatic heterocycles. The van der Waals surface area contributed by atoms with Crippen molar-refractivity contribution >= 4 is 28.7 Å². The molecule has 3 aliphatic rings. The van der Waals surface area contributed by atoms with E-state index in [0.717, 1.165) is 48.9 Å². The van der Waals surface area contributed by atoms with Crippen LogP contribution in [0.5, 0.6) is 0 Å². The van der Waals surface area contributed by atoms with Gasteiger partial charge in [0, 0.05) is 31.0 Å². The van der Waals surface area contributed by atoms with E-state index in [4.69, 9.17) is 35.8 Å². The van der Waals surface area contributed by atoms with Gasteiger partial charge in [-0.05, 0) is 43.6 Å². The zero-order valence-corrected chi connectivity index (χ0v) is 23.3. The molecule has 0 amide bonds. The molecule has 4 aromatic heterocycles. The Balaban J connectivity index is 1.44. The lowest BCUT2D eigenvalue weighted by atomic mass is 9.83. The summed E-state index contributed by atoms with van der Waals surface area (Å²) in [6, 6.07) is 2.12. The van der Waals surface area contributed by atoms with Gasteiger partial charge in [-0.2, -0.15) is 4.98 Å². The maximum Gasteiger partial charge on any atom is 0.439 e. The summed E-state index contributed by atoms with van der Waals surface area (Å²) in [7, 11) is 0. The minimum absolute atomic E-state index is 0.152. The number of aromatic amines is 1. The number of anilines is 1. The summed E-state index contributed by atoms with van der Waals surface area (Å²) in [4.78, 5) is 36.0. The van der Waals surface area contributed by atoms with Crippen LogP contribution in [0, 0.1) is 11.8 Å². The summed E-state index contributed by atoms with van der Waals surface area (Å²) in [6.07, 6.45) is 12.9. The van der Waals surface area contributed by atoms with E-state index >= 15 is 0 Å². The van der Waals surface area contributed by atoms with Crippen LogP contribution in [0.1, 0.15) is 58.3 Å². The summed E-state index contributed by atoms with van der Waals surface area (Å²) in [6.45, 7) is 4.63. The first kappa shape index (κ1) is 25.6. The first-order valence-electron chi connectivity index (χ1n) is 14.4. The fraction of sp³-hybridized carbons (Fsp3) is 0.571. The maximum absolute atomic E-state index is 11.8. The molecule has 0 aromatic carbocycles. The van der Waals surface area contributed by atoms with Gasteiger partial charge in [0.05, 0.1) is 23.8 Å². The van der Waals surface area contributed by atoms with Gasteiger partial charge in [-0.15, -0.1) is 0 Å². The number of rotatable bonds is 5. The molecule has 40 heavy (non-hydrogen) atoms. The zero-order chi connectivity index (χ0) is 27.2. The van der Waals surface area contributed by atoms with Crippen LogP contribution in [-0.2, 0) is 11.3 Å². The molecule has 3 fully saturated rings. The van der Waals surface area contributed by atoms with Crippen molar-refractivity contribution in [1.29, 1.82) is 0 Å². The maximum atomic E-state index is 11.8. The molecule has 7 rings (SSSR count). The molecule has 1 saturated heterocycles. The molecule has 0 bridgehead atoms. The highest BCUT2D eigenvalue weighted by molar-refractivity contribution is 6.30. The van der Waals surface area contributed by atoms with Crippen molar-refractivity contribution < 1.29 is 9.26 Å². The third kappa shape index (κ3) is 4.79. The highest BCUT2D eigenvalue weighted by Gasteiger charge is 2.37. The molecular formula is C28H33ClN8O3. The number of halogens is 1. The van der Waals surface area contributed by atoms with Crippen molar-refractivity contribution in [2.24, 2.45) is 11.8 Å². The minimum atomic E-state index is -0.668. The number of H-pyrrole nitrogens is 1. The highest BCUT2D eigenvalue weighted by Crippen LogP contribution is 2.38. The predicted octanol–water partition coefficient (Wildman–Crippen LogP) is 4.86. The van der Waals surface area contributed by atoms with E-state index < -0.39 is 5.76 Å². The Labute approximate surface area is 236 Å². The number of nitrogens with one attached hydrogen (secondary N) is 1. The summed E-state index contributed by atoms with van der Waals surface area (Å²) >= 11 is 6.39. The van der Waals surface area contributed by atoms with Gasteiger partial charge in [-0.25, -0.2) is 14.8 Å². The number of pyridine rings is 1. The molecule has 210 valence electrons. The Bertz CT molecular complexity index is 1570. The quantitative estimate of drug-likeness (QED) is 0.361. The first-order valence-corrected chi connectivity index (χ1v) is 14.7. The van der Waals surface area contributed by atoms with Gasteiger partial charge < -0.3 is 14.2 Å². The van der Waals surface area contributed by atoms with Gasteiger partial charge in [0.1, 0.15) is 11.2 Å². The summed E-state index contributed by atoms with van der Waals surface area (Å²) in [5, 5.41) is 4.35. The largest absolute Gasteiger partial charge is 0.439 e. The monoisotopic (exact) mass is 564 g/mol. The number of hydrogen-bond donors (Lipinski definition) is 1. The molecule has 0 spiro atoms. The molecule has 2 saturated carbocycles. The number of nitrogens with zero attached hydrogens (tertiary/aromatic N) is 7. The van der Waals surface area contributed by atoms with Crippen LogP contribution in [-0.4, -0.2) is 59.9 Å². The average Bonchev–Trinajstić information content (AvgIpc) is 3.57. The molecule has 1 N–H and O–H groups in total. The molecule has 0 radical (unpaired) electrons. The van der Waals surface area contributed by atoms with E-state index in [1.807, 2.05) is 6.07 Å². The third-order valence-corrected chi connectivity index (χ3v) is 8.99. The van der Waals surface area contributed by atoms with E-state index in [-0.39, 0.29) is 23.8 Å². The highest BCUT2D eigenvalue weighted by atomic mass is 35.5. The van der Waals surface area contributed by atoms with E-state index in [2.05, 4.69) is 31.5 Å². The fourth-order valence-electron chi connectivity index (χ4n) is 6.71. The van der Waals surface area contributed by atoms with Crippen molar-refractivity contribution in [3.8, 4) is 22.9 Å². The molecule has 12 heteroatoms. The Kier molecular flexibility index (Phi) is 6.79. The lowest BCUT2D eigenvalue weighted by Crippen LogP contribution is -2.53. The molecular weight excluding hydrogens is 532 g/mol. The Morgan fingerprint density at radius 3 is 2.73 bits per heavy atom. The van der Waals surface area contributed by atoms with Crippen molar-refractivity contribution in [1.82, 2.24) is 34.6 Å². The summed E-state index contributed by atoms with van der Waals surface area (Å²) in [5.41, 5.74) is 2.78. The van der Waals surface area contributed by atoms with Crippen LogP contribution < -0.4 is 10.7 Å². The second-order valence-electron chi connectivity index (χ2n) is 11.5. The number of ether oxygens (including phenoxy) is 1. The third-order valence-electron chi connectivity index (χ3n) is 8.78. The molecule has 2 atom stereocenters. The van der Waals surface area contributed by atoms with Gasteiger partial charge in [0.25, 0.3) is 0 Å². The van der Waals surface area contributed by atoms with E-state index in [1.165, 1.54) is 38.5 Å². The van der Waals surface area contributed by atoms with Crippen LogP contribution in [0.2, 0.25) is 5.02 Å². The fourth-order valence-corrected chi connectivity index (χ4v) is 6.88. The normalized spacial score (nSPS) is 25.3. The smallest absolute Gasteiger partial charge is 0.374 e. The second-order valence-corrected chi connectivity index (χ2v) is 11.9. The van der Waals surface area contributed by atoms with Crippen LogP contribution in [0.4, 0.5) is 5.95 Å². The van der Waals surface area contributed by atoms with Crippen LogP contribution in [0.25, 0.3) is 34.1 Å². The van der Waals surface area contributed by atoms with E-state index in [9.17, 15) is 4.79 Å². The molecule has 2 unspecified atom stereocenters. The van der Waals surface area contributed by atoms with Gasteiger partial charge >= 0.3 is 5.76 Å². The lowest BCUT2D eigenvalue weighted by molar-refractivity contribution is -0.00958. The van der Waals surface area contributed by atoms with Crippen molar-refractivity contribution in [3.05, 3.63) is 34.0 Å². The molecule has 2 aliphatic carbocycles. The molecule has 5 heterocycles. The minimum Gasteiger partial charge on any atom is -0.374 e. The summed E-state index contributed by atoms with van der Waals surface area (Å²) < 4.78 is 13.3. The predicted molar refractivity (Wildman–Crippen MR) is 150 cm³/mol. The number of morpholine rings is 1. The lowest BCUT2D eigenvalue weighted by Gasteiger charge is -2.44. The van der Waals surface area contributed by atoms with Gasteiger partial charge in [-0.1, -0.05) is 49.4 Å². The average molecular weight is 565 g/mol. The zero-order valence-electron chi connectivity index (χ0n) is 22.6. The number of hydrogen-bond acceptors (Lipinski definition) is 9. The Hall–Kier alpha value is -3.31. The SMILES string of the molecule is CC1CCC(Cn2c(N3CCOC4CCCCC43)nc3nc(-c4noc(=O)[nH]4)nc(-c4cncc(Cl)c4)c32)CC1. The standard InChI is InChI=1S/C28H33ClN8O3/c1-16-6-8-17(9-7-16)15-37-23-22(18-12-19(29)14-30-13-18)31-25(26-34-28(38)40-35-26)32-24(23)33-27(37)36-10-11-39-21-5-3-2-4-20(21)36/h12-14,16-17,20-21H,2-11,15H2,1H3,(H,34,35,38). The van der Waals surface area contributed by atoms with E-state index in [1.54, 1.807) is 12.4 Å². The molecule has 4 aromatic rings. The van der Waals surface area contributed by atoms with Gasteiger partial charge in [0.15, 0.2) is 5.65 Å². The Morgan fingerprint density at radius 1 is 1.07 bits per heavy atom. The van der Waals surface area contributed by atoms with Crippen molar-refractivity contribution in [3.63, 3.8) is 0 Å². The van der Waals surface area contributed by atoms with Crippen molar-refractivity contribution in [2.75, 3.05) is 18.1 Å². The number of fused-ring (bicyclic) bond motifs is 2. The second kappa shape index (κ2) is 10.6.